The predicted molar refractivity (Wildman–Crippen MR) is 406 cm³/mol. The van der Waals surface area contributed by atoms with Gasteiger partial charge in [0.25, 0.3) is 6.29 Å². The number of allylic oxidation sites excluding steroid dienone is 2. The van der Waals surface area contributed by atoms with E-state index in [4.69, 9.17) is 18.9 Å². The number of unbranched alkanes of at least 4 members (excludes halogenated alkanes) is 64. The van der Waals surface area contributed by atoms with E-state index >= 15 is 0 Å². The molecule has 2 unspecified atom stereocenters. The van der Waals surface area contributed by atoms with Crippen LogP contribution in [0.5, 0.6) is 0 Å². The van der Waals surface area contributed by atoms with E-state index in [0.717, 1.165) is 38.5 Å². The van der Waals surface area contributed by atoms with Crippen LogP contribution >= 0.6 is 0 Å². The Balaban J connectivity index is 3.91. The number of aliphatic carboxylic acids is 1. The molecule has 0 amide bonds. The highest BCUT2D eigenvalue weighted by Gasteiger charge is 2.25. The zero-order chi connectivity index (χ0) is 68.2. The summed E-state index contributed by atoms with van der Waals surface area (Å²) in [5.74, 6) is -1.96. The molecule has 0 saturated heterocycles. The summed E-state index contributed by atoms with van der Waals surface area (Å²) in [6.07, 6.45) is 94.0. The third-order valence-electron chi connectivity index (χ3n) is 19.8. The average Bonchev–Trinajstić information content (AvgIpc) is 3.76. The van der Waals surface area contributed by atoms with E-state index in [1.807, 2.05) is 21.1 Å². The lowest BCUT2D eigenvalue weighted by Crippen LogP contribution is -2.40. The fourth-order valence-electron chi connectivity index (χ4n) is 13.3. The maximum absolute atomic E-state index is 13.0. The zero-order valence-electron chi connectivity index (χ0n) is 64.2. The number of ether oxygens (including phenoxy) is 4. The second-order valence-electron chi connectivity index (χ2n) is 30.5. The number of nitrogens with zero attached hydrogens (tertiary/aromatic N) is 1. The van der Waals surface area contributed by atoms with Crippen molar-refractivity contribution in [2.45, 2.75) is 469 Å². The van der Waals surface area contributed by atoms with Gasteiger partial charge >= 0.3 is 17.9 Å². The first kappa shape index (κ1) is 92.0. The van der Waals surface area contributed by atoms with E-state index in [9.17, 15) is 19.5 Å². The van der Waals surface area contributed by atoms with Gasteiger partial charge < -0.3 is 28.5 Å². The van der Waals surface area contributed by atoms with Crippen molar-refractivity contribution >= 4 is 17.9 Å². The molecule has 0 heterocycles. The Morgan fingerprint density at radius 2 is 0.543 bits per heavy atom. The van der Waals surface area contributed by atoms with Gasteiger partial charge in [-0.3, -0.25) is 9.59 Å². The Bertz CT molecular complexity index is 1550. The summed E-state index contributed by atoms with van der Waals surface area (Å²) in [5, 5.41) is 9.78. The fourth-order valence-corrected chi connectivity index (χ4v) is 13.3. The van der Waals surface area contributed by atoms with Gasteiger partial charge in [0.2, 0.25) is 0 Å². The number of rotatable bonds is 81. The molecule has 9 nitrogen and oxygen atoms in total. The van der Waals surface area contributed by atoms with E-state index in [2.05, 4.69) is 26.0 Å². The number of likely N-dealkylation sites (N-methyl/N-ethyl adjacent to an activating group) is 1. The molecule has 9 heteroatoms. The van der Waals surface area contributed by atoms with Crippen LogP contribution in [0.25, 0.3) is 0 Å². The van der Waals surface area contributed by atoms with Crippen LogP contribution < -0.4 is 0 Å². The molecule has 0 aliphatic carbocycles. The molecule has 0 aliphatic rings. The Hall–Kier alpha value is -1.97. The van der Waals surface area contributed by atoms with Crippen LogP contribution in [-0.4, -0.2) is 87.4 Å². The van der Waals surface area contributed by atoms with E-state index in [0.29, 0.717) is 17.4 Å². The summed E-state index contributed by atoms with van der Waals surface area (Å²) < 4.78 is 23.1. The SMILES string of the molecule is CCCCCCCCCC/C=C\CCCCCCCCCCCCCCCCCCCCCCCCCCCCCC(=O)OC(COC(=O)CCCCCCCCCCCCCCCCCCCCCCCCCCCCCCCC)COC(OCC[N+](C)(C)C)C(=O)O. The molecule has 0 spiro atoms. The van der Waals surface area contributed by atoms with Crippen LogP contribution in [0, 0.1) is 0 Å². The van der Waals surface area contributed by atoms with Crippen molar-refractivity contribution in [3.8, 4) is 0 Å². The minimum Gasteiger partial charge on any atom is -0.477 e. The van der Waals surface area contributed by atoms with Gasteiger partial charge in [-0.15, -0.1) is 0 Å². The number of hydrogen-bond donors (Lipinski definition) is 1. The Morgan fingerprint density at radius 1 is 0.309 bits per heavy atom. The first-order chi connectivity index (χ1) is 46.1. The van der Waals surface area contributed by atoms with Gasteiger partial charge in [0.15, 0.2) is 6.10 Å². The van der Waals surface area contributed by atoms with Crippen LogP contribution in [-0.2, 0) is 33.3 Å². The molecule has 0 bridgehead atoms. The average molecular weight is 1330 g/mol. The third-order valence-corrected chi connectivity index (χ3v) is 19.8. The number of carbonyl (C=O) groups is 3. The molecule has 94 heavy (non-hydrogen) atoms. The second kappa shape index (κ2) is 76.8. The molecule has 1 N–H and O–H groups in total. The predicted octanol–water partition coefficient (Wildman–Crippen LogP) is 27.1. The third kappa shape index (κ3) is 77.4. The van der Waals surface area contributed by atoms with Gasteiger partial charge in [0.1, 0.15) is 13.2 Å². The Morgan fingerprint density at radius 3 is 0.787 bits per heavy atom. The number of hydrogen-bond acceptors (Lipinski definition) is 7. The molecule has 0 aromatic heterocycles. The first-order valence-corrected chi connectivity index (χ1v) is 42.4. The molecule has 0 saturated carbocycles. The van der Waals surface area contributed by atoms with E-state index in [-0.39, 0.29) is 38.2 Å². The van der Waals surface area contributed by atoms with Gasteiger partial charge in [-0.05, 0) is 38.5 Å². The van der Waals surface area contributed by atoms with Crippen molar-refractivity contribution in [2.75, 3.05) is 47.5 Å². The molecule has 0 aromatic carbocycles. The van der Waals surface area contributed by atoms with Gasteiger partial charge in [0, 0.05) is 12.8 Å². The lowest BCUT2D eigenvalue weighted by Gasteiger charge is -2.25. The van der Waals surface area contributed by atoms with Crippen molar-refractivity contribution in [3.63, 3.8) is 0 Å². The monoisotopic (exact) mass is 1330 g/mol. The van der Waals surface area contributed by atoms with Crippen LogP contribution in [0.2, 0.25) is 0 Å². The normalized spacial score (nSPS) is 12.6. The molecular formula is C85H166NO8+. The summed E-state index contributed by atoms with van der Waals surface area (Å²) in [4.78, 5) is 37.8. The van der Waals surface area contributed by atoms with E-state index < -0.39 is 18.4 Å². The molecule has 0 aromatic rings. The van der Waals surface area contributed by atoms with Crippen molar-refractivity contribution < 1.29 is 42.9 Å². The summed E-state index contributed by atoms with van der Waals surface area (Å²) in [6.45, 7) is 4.98. The number of carbonyl (C=O) groups excluding carboxylic acids is 2. The second-order valence-corrected chi connectivity index (χ2v) is 30.5. The highest BCUT2D eigenvalue weighted by molar-refractivity contribution is 5.71. The van der Waals surface area contributed by atoms with Crippen LogP contribution in [0.3, 0.4) is 0 Å². The van der Waals surface area contributed by atoms with Crippen LogP contribution in [0.15, 0.2) is 12.2 Å². The number of esters is 2. The van der Waals surface area contributed by atoms with Crippen LogP contribution in [0.1, 0.15) is 457 Å². The van der Waals surface area contributed by atoms with E-state index in [1.54, 1.807) is 0 Å². The fraction of sp³-hybridized carbons (Fsp3) is 0.941. The van der Waals surface area contributed by atoms with Crippen molar-refractivity contribution in [1.29, 1.82) is 0 Å². The van der Waals surface area contributed by atoms with Crippen molar-refractivity contribution in [3.05, 3.63) is 12.2 Å². The molecule has 0 radical (unpaired) electrons. The number of carboxylic acids is 1. The molecule has 0 fully saturated rings. The Labute approximate surface area is 586 Å². The van der Waals surface area contributed by atoms with E-state index in [1.165, 1.54) is 392 Å². The quantitative estimate of drug-likeness (QED) is 0.0211. The maximum Gasteiger partial charge on any atom is 0.361 e. The number of quaternary nitrogens is 1. The largest absolute Gasteiger partial charge is 0.477 e. The van der Waals surface area contributed by atoms with Crippen LogP contribution in [0.4, 0.5) is 0 Å². The van der Waals surface area contributed by atoms with Gasteiger partial charge in [0.05, 0.1) is 34.4 Å². The maximum atomic E-state index is 13.0. The molecule has 2 atom stereocenters. The standard InChI is InChI=1S/C85H165NO8/c1-6-8-10-12-14-16-18-20-22-24-26-28-30-32-34-36-38-39-40-41-42-43-44-45-46-48-50-52-54-56-58-60-62-64-66-68-70-72-74-76-83(88)94-81(80-93-85(84(89)90)91-78-77-86(3,4)5)79-92-82(87)75-73-71-69-67-65-63-61-59-57-55-53-51-49-47-37-35-33-31-29-27-25-23-21-19-17-15-13-11-9-7-2/h24,26,81,85H,6-23,25,27-80H2,1-5H3/p+1/b26-24-. The summed E-state index contributed by atoms with van der Waals surface area (Å²) in [5.41, 5.74) is 0. The lowest BCUT2D eigenvalue weighted by atomic mass is 10.0. The number of carboxylic acid groups (broad SMARTS) is 1. The summed E-state index contributed by atoms with van der Waals surface area (Å²) in [7, 11) is 6.01. The lowest BCUT2D eigenvalue weighted by molar-refractivity contribution is -0.870. The molecule has 0 rings (SSSR count). The minimum absolute atomic E-state index is 0.172. The Kier molecular flexibility index (Phi) is 75.2. The highest BCUT2D eigenvalue weighted by atomic mass is 16.7. The smallest absolute Gasteiger partial charge is 0.361 e. The van der Waals surface area contributed by atoms with Gasteiger partial charge in [-0.1, -0.05) is 418 Å². The first-order valence-electron chi connectivity index (χ1n) is 42.4. The summed E-state index contributed by atoms with van der Waals surface area (Å²) in [6, 6.07) is 0. The van der Waals surface area contributed by atoms with Crippen molar-refractivity contribution in [1.82, 2.24) is 0 Å². The topological polar surface area (TPSA) is 108 Å². The minimum atomic E-state index is -1.51. The molecule has 0 aliphatic heterocycles. The van der Waals surface area contributed by atoms with Gasteiger partial charge in [-0.25, -0.2) is 4.79 Å². The molecular weight excluding hydrogens is 1160 g/mol. The summed E-state index contributed by atoms with van der Waals surface area (Å²) >= 11 is 0. The highest BCUT2D eigenvalue weighted by Crippen LogP contribution is 2.21. The zero-order valence-corrected chi connectivity index (χ0v) is 64.2. The molecule has 558 valence electrons. The van der Waals surface area contributed by atoms with Gasteiger partial charge in [-0.2, -0.15) is 0 Å². The van der Waals surface area contributed by atoms with Crippen molar-refractivity contribution in [2.24, 2.45) is 0 Å².